The van der Waals surface area contributed by atoms with Gasteiger partial charge in [-0.3, -0.25) is 4.79 Å². The van der Waals surface area contributed by atoms with Gasteiger partial charge in [-0.05, 0) is 49.7 Å². The Hall–Kier alpha value is -2.47. The number of hydrogen-bond acceptors (Lipinski definition) is 5. The van der Waals surface area contributed by atoms with Crippen LogP contribution in [-0.2, 0) is 24.1 Å². The number of rotatable bonds is 7. The van der Waals surface area contributed by atoms with Crippen molar-refractivity contribution in [2.24, 2.45) is 0 Å². The first-order valence-corrected chi connectivity index (χ1v) is 13.9. The molecule has 5 rings (SSSR count). The predicted molar refractivity (Wildman–Crippen MR) is 141 cm³/mol. The van der Waals surface area contributed by atoms with Crippen LogP contribution in [0.2, 0.25) is 0 Å². The normalized spacial score (nSPS) is 17.1. The molecule has 3 aromatic rings. The van der Waals surface area contributed by atoms with Gasteiger partial charge in [-0.15, -0.1) is 11.3 Å². The first-order valence-electron chi connectivity index (χ1n) is 13.1. The lowest BCUT2D eigenvalue weighted by Crippen LogP contribution is -2.50. The monoisotopic (exact) mass is 476 g/mol. The van der Waals surface area contributed by atoms with Gasteiger partial charge < -0.3 is 9.80 Å². The van der Waals surface area contributed by atoms with Gasteiger partial charge in [-0.1, -0.05) is 50.6 Å². The third-order valence-corrected chi connectivity index (χ3v) is 8.58. The minimum atomic E-state index is -0.0527. The van der Waals surface area contributed by atoms with E-state index in [1.54, 1.807) is 0 Å². The van der Waals surface area contributed by atoms with Crippen molar-refractivity contribution < 1.29 is 4.79 Å². The fourth-order valence-corrected chi connectivity index (χ4v) is 6.73. The number of carbonyl (C=O) groups is 1. The van der Waals surface area contributed by atoms with E-state index < -0.39 is 0 Å². The molecule has 1 fully saturated rings. The molecule has 34 heavy (non-hydrogen) atoms. The van der Waals surface area contributed by atoms with Gasteiger partial charge in [0.2, 0.25) is 5.91 Å². The van der Waals surface area contributed by atoms with Crippen LogP contribution in [0.5, 0.6) is 0 Å². The van der Waals surface area contributed by atoms with Crippen molar-refractivity contribution in [2.75, 3.05) is 31.1 Å². The van der Waals surface area contributed by atoms with Crippen LogP contribution in [0.3, 0.4) is 0 Å². The molecule has 1 aliphatic carbocycles. The standard InChI is InChI=1S/C28H36N4OS/c1-3-5-15-24-29-26(25-22-13-9-10-14-23(22)34-27(25)30-24)31-16-18-32(19-17-31)28(33)21(4-2)20-11-7-6-8-12-20/h6-8,11-12,21H,3-5,9-10,13-19H2,1-2H3. The molecular formula is C28H36N4OS. The predicted octanol–water partition coefficient (Wildman–Crippen LogP) is 5.76. The van der Waals surface area contributed by atoms with Crippen molar-refractivity contribution in [3.63, 3.8) is 0 Å². The van der Waals surface area contributed by atoms with Crippen LogP contribution in [0.4, 0.5) is 5.82 Å². The van der Waals surface area contributed by atoms with E-state index in [1.165, 1.54) is 39.9 Å². The lowest BCUT2D eigenvalue weighted by Gasteiger charge is -2.37. The zero-order valence-electron chi connectivity index (χ0n) is 20.6. The van der Waals surface area contributed by atoms with E-state index in [4.69, 9.17) is 9.97 Å². The molecule has 1 aliphatic heterocycles. The summed E-state index contributed by atoms with van der Waals surface area (Å²) in [5.74, 6) is 2.31. The van der Waals surface area contributed by atoms with Crippen molar-refractivity contribution in [3.05, 3.63) is 52.2 Å². The number of aryl methyl sites for hydroxylation is 3. The number of fused-ring (bicyclic) bond motifs is 3. The highest BCUT2D eigenvalue weighted by atomic mass is 32.1. The molecule has 5 nitrogen and oxygen atoms in total. The van der Waals surface area contributed by atoms with Gasteiger partial charge in [0.05, 0.1) is 11.3 Å². The maximum absolute atomic E-state index is 13.4. The number of amides is 1. The summed E-state index contributed by atoms with van der Waals surface area (Å²) in [4.78, 5) is 30.7. The van der Waals surface area contributed by atoms with Gasteiger partial charge in [0.25, 0.3) is 0 Å². The van der Waals surface area contributed by atoms with Gasteiger partial charge in [-0.25, -0.2) is 9.97 Å². The lowest BCUT2D eigenvalue weighted by molar-refractivity contribution is -0.133. The number of carbonyl (C=O) groups excluding carboxylic acids is 1. The molecule has 0 spiro atoms. The maximum Gasteiger partial charge on any atom is 0.230 e. The van der Waals surface area contributed by atoms with Crippen molar-refractivity contribution in [1.29, 1.82) is 0 Å². The first kappa shape index (κ1) is 23.3. The summed E-state index contributed by atoms with van der Waals surface area (Å²) in [5.41, 5.74) is 2.62. The summed E-state index contributed by atoms with van der Waals surface area (Å²) in [6.45, 7) is 7.51. The Morgan fingerprint density at radius 2 is 1.79 bits per heavy atom. The molecule has 1 unspecified atom stereocenters. The van der Waals surface area contributed by atoms with E-state index in [2.05, 4.69) is 35.8 Å². The Morgan fingerprint density at radius 3 is 2.53 bits per heavy atom. The minimum absolute atomic E-state index is 0.0527. The lowest BCUT2D eigenvalue weighted by atomic mass is 9.94. The highest BCUT2D eigenvalue weighted by molar-refractivity contribution is 7.19. The second-order valence-corrected chi connectivity index (χ2v) is 10.7. The Bertz CT molecular complexity index is 1130. The van der Waals surface area contributed by atoms with E-state index in [9.17, 15) is 4.79 Å². The van der Waals surface area contributed by atoms with Crippen LogP contribution in [0.15, 0.2) is 30.3 Å². The molecule has 0 bridgehead atoms. The Kier molecular flexibility index (Phi) is 7.14. The van der Waals surface area contributed by atoms with Gasteiger partial charge in [0.15, 0.2) is 0 Å². The highest BCUT2D eigenvalue weighted by Gasteiger charge is 2.30. The Morgan fingerprint density at radius 1 is 1.03 bits per heavy atom. The van der Waals surface area contributed by atoms with Crippen molar-refractivity contribution in [2.45, 2.75) is 71.1 Å². The summed E-state index contributed by atoms with van der Waals surface area (Å²) < 4.78 is 0. The SMILES string of the molecule is CCCCc1nc(N2CCN(C(=O)C(CC)c3ccccc3)CC2)c2c3c(sc2n1)CCCC3. The topological polar surface area (TPSA) is 49.3 Å². The molecule has 1 amide bonds. The Balaban J connectivity index is 1.38. The molecule has 3 heterocycles. The first-order chi connectivity index (χ1) is 16.7. The quantitative estimate of drug-likeness (QED) is 0.435. The van der Waals surface area contributed by atoms with Crippen molar-refractivity contribution >= 4 is 33.3 Å². The van der Waals surface area contributed by atoms with Gasteiger partial charge in [0, 0.05) is 37.5 Å². The van der Waals surface area contributed by atoms with E-state index in [0.29, 0.717) is 0 Å². The van der Waals surface area contributed by atoms with Crippen LogP contribution in [0.25, 0.3) is 10.2 Å². The number of aromatic nitrogens is 2. The van der Waals surface area contributed by atoms with Crippen molar-refractivity contribution in [1.82, 2.24) is 14.9 Å². The average molecular weight is 477 g/mol. The third kappa shape index (κ3) is 4.57. The third-order valence-electron chi connectivity index (χ3n) is 7.39. The van der Waals surface area contributed by atoms with Crippen LogP contribution >= 0.6 is 11.3 Å². The molecule has 0 N–H and O–H groups in total. The van der Waals surface area contributed by atoms with Gasteiger partial charge >= 0.3 is 0 Å². The number of benzene rings is 1. The smallest absolute Gasteiger partial charge is 0.230 e. The number of nitrogens with zero attached hydrogens (tertiary/aromatic N) is 4. The fraction of sp³-hybridized carbons (Fsp3) is 0.536. The maximum atomic E-state index is 13.4. The largest absolute Gasteiger partial charge is 0.352 e. The Labute approximate surface area is 207 Å². The minimum Gasteiger partial charge on any atom is -0.352 e. The molecule has 1 atom stereocenters. The average Bonchev–Trinajstić information content (AvgIpc) is 3.26. The summed E-state index contributed by atoms with van der Waals surface area (Å²) in [5, 5.41) is 1.30. The molecule has 1 saturated heterocycles. The highest BCUT2D eigenvalue weighted by Crippen LogP contribution is 2.40. The number of hydrogen-bond donors (Lipinski definition) is 0. The second kappa shape index (κ2) is 10.4. The molecule has 0 saturated carbocycles. The van der Waals surface area contributed by atoms with E-state index >= 15 is 0 Å². The molecule has 6 heteroatoms. The molecule has 1 aromatic carbocycles. The number of thiophene rings is 1. The molecule has 180 valence electrons. The zero-order valence-corrected chi connectivity index (χ0v) is 21.4. The fourth-order valence-electron chi connectivity index (χ4n) is 5.45. The molecule has 2 aromatic heterocycles. The summed E-state index contributed by atoms with van der Waals surface area (Å²) in [6, 6.07) is 10.2. The zero-order chi connectivity index (χ0) is 23.5. The van der Waals surface area contributed by atoms with Gasteiger partial charge in [0.1, 0.15) is 16.5 Å². The second-order valence-electron chi connectivity index (χ2n) is 9.64. The summed E-state index contributed by atoms with van der Waals surface area (Å²) in [7, 11) is 0. The molecule has 0 radical (unpaired) electrons. The van der Waals surface area contributed by atoms with Gasteiger partial charge in [-0.2, -0.15) is 0 Å². The van der Waals surface area contributed by atoms with Crippen LogP contribution < -0.4 is 4.90 Å². The molecule has 2 aliphatic rings. The van der Waals surface area contributed by atoms with Crippen LogP contribution in [0.1, 0.15) is 73.7 Å². The van der Waals surface area contributed by atoms with E-state index in [0.717, 1.165) is 75.5 Å². The number of piperazine rings is 1. The van der Waals surface area contributed by atoms with Crippen molar-refractivity contribution in [3.8, 4) is 0 Å². The van der Waals surface area contributed by atoms with Crippen LogP contribution in [-0.4, -0.2) is 47.0 Å². The number of unbranched alkanes of at least 4 members (excludes halogenated alkanes) is 1. The summed E-state index contributed by atoms with van der Waals surface area (Å²) >= 11 is 1.89. The van der Waals surface area contributed by atoms with E-state index in [-0.39, 0.29) is 11.8 Å². The van der Waals surface area contributed by atoms with Crippen LogP contribution in [0, 0.1) is 0 Å². The number of anilines is 1. The van der Waals surface area contributed by atoms with E-state index in [1.807, 2.05) is 29.5 Å². The summed E-state index contributed by atoms with van der Waals surface area (Å²) in [6.07, 6.45) is 8.91. The molecular weight excluding hydrogens is 440 g/mol.